The number of nitrogens with two attached hydrogens (primary N) is 1. The zero-order valence-corrected chi connectivity index (χ0v) is 10.3. The molecule has 0 heterocycles. The largest absolute Gasteiger partial charge is 0.489 e. The van der Waals surface area contributed by atoms with Gasteiger partial charge in [0.25, 0.3) is 0 Å². The van der Waals surface area contributed by atoms with Crippen LogP contribution in [-0.4, -0.2) is 21.6 Å². The van der Waals surface area contributed by atoms with Crippen LogP contribution in [0, 0.1) is 0 Å². The average molecular weight is 244 g/mol. The number of nitrogens with one attached hydrogen (secondary N) is 1. The van der Waals surface area contributed by atoms with E-state index in [0.29, 0.717) is 11.4 Å². The van der Waals surface area contributed by atoms with Crippen molar-refractivity contribution in [3.05, 3.63) is 18.2 Å². The molecule has 0 saturated carbocycles. The van der Waals surface area contributed by atoms with Gasteiger partial charge in [0.1, 0.15) is 5.75 Å². The van der Waals surface area contributed by atoms with Crippen LogP contribution in [0.1, 0.15) is 13.8 Å². The van der Waals surface area contributed by atoms with Gasteiger partial charge in [0, 0.05) is 6.07 Å². The van der Waals surface area contributed by atoms with Crippen LogP contribution >= 0.6 is 0 Å². The molecule has 1 aromatic rings. The quantitative estimate of drug-likeness (QED) is 0.773. The number of nitrogen functional groups attached to an aromatic ring is 1. The van der Waals surface area contributed by atoms with Crippen LogP contribution in [0.4, 0.5) is 5.69 Å². The minimum atomic E-state index is -3.46. The smallest absolute Gasteiger partial charge is 0.240 e. The van der Waals surface area contributed by atoms with E-state index < -0.39 is 10.0 Å². The topological polar surface area (TPSA) is 81.4 Å². The molecule has 0 amide bonds. The predicted molar refractivity (Wildman–Crippen MR) is 62.9 cm³/mol. The van der Waals surface area contributed by atoms with Crippen molar-refractivity contribution in [2.24, 2.45) is 0 Å². The van der Waals surface area contributed by atoms with Crippen LogP contribution in [0.2, 0.25) is 0 Å². The van der Waals surface area contributed by atoms with Gasteiger partial charge in [-0.15, -0.1) is 0 Å². The van der Waals surface area contributed by atoms with E-state index in [1.807, 2.05) is 13.8 Å². The Morgan fingerprint density at radius 3 is 2.50 bits per heavy atom. The second-order valence-electron chi connectivity index (χ2n) is 3.57. The molecule has 0 aliphatic rings. The molecular formula is C10H16N2O3S. The minimum Gasteiger partial charge on any atom is -0.489 e. The maximum Gasteiger partial charge on any atom is 0.240 e. The number of benzene rings is 1. The molecule has 0 unspecified atom stereocenters. The SMILES string of the molecule is CNS(=O)(=O)c1ccc(N)c(OC(C)C)c1. The van der Waals surface area contributed by atoms with Crippen molar-refractivity contribution in [2.45, 2.75) is 24.8 Å². The van der Waals surface area contributed by atoms with Crippen molar-refractivity contribution in [3.8, 4) is 5.75 Å². The van der Waals surface area contributed by atoms with E-state index in [9.17, 15) is 8.42 Å². The Labute approximate surface area is 95.7 Å². The number of ether oxygens (including phenoxy) is 1. The first-order chi connectivity index (χ1) is 7.36. The first-order valence-corrected chi connectivity index (χ1v) is 6.35. The molecule has 0 spiro atoms. The summed E-state index contributed by atoms with van der Waals surface area (Å²) in [5, 5.41) is 0. The predicted octanol–water partition coefficient (Wildman–Crippen LogP) is 0.964. The minimum absolute atomic E-state index is 0.0603. The van der Waals surface area contributed by atoms with E-state index in [1.165, 1.54) is 25.2 Å². The normalized spacial score (nSPS) is 11.8. The fraction of sp³-hybridized carbons (Fsp3) is 0.400. The highest BCUT2D eigenvalue weighted by Gasteiger charge is 2.14. The van der Waals surface area contributed by atoms with Crippen molar-refractivity contribution >= 4 is 15.7 Å². The van der Waals surface area contributed by atoms with Gasteiger partial charge in [0.05, 0.1) is 16.7 Å². The molecule has 0 aliphatic heterocycles. The number of rotatable bonds is 4. The van der Waals surface area contributed by atoms with Crippen molar-refractivity contribution in [2.75, 3.05) is 12.8 Å². The summed E-state index contributed by atoms with van der Waals surface area (Å²) in [5.74, 6) is 0.381. The van der Waals surface area contributed by atoms with Gasteiger partial charge in [0.15, 0.2) is 0 Å². The molecule has 6 heteroatoms. The average Bonchev–Trinajstić information content (AvgIpc) is 2.20. The number of sulfonamides is 1. The van der Waals surface area contributed by atoms with Gasteiger partial charge in [-0.3, -0.25) is 0 Å². The van der Waals surface area contributed by atoms with E-state index in [4.69, 9.17) is 10.5 Å². The maximum absolute atomic E-state index is 11.5. The summed E-state index contributed by atoms with van der Waals surface area (Å²) in [6.07, 6.45) is -0.0603. The monoisotopic (exact) mass is 244 g/mol. The van der Waals surface area contributed by atoms with E-state index in [2.05, 4.69) is 4.72 Å². The fourth-order valence-corrected chi connectivity index (χ4v) is 1.90. The maximum atomic E-state index is 11.5. The first-order valence-electron chi connectivity index (χ1n) is 4.86. The summed E-state index contributed by atoms with van der Waals surface area (Å²) >= 11 is 0. The first kappa shape index (κ1) is 12.8. The summed E-state index contributed by atoms with van der Waals surface area (Å²) in [7, 11) is -2.10. The summed E-state index contributed by atoms with van der Waals surface area (Å²) in [6.45, 7) is 3.69. The van der Waals surface area contributed by atoms with Gasteiger partial charge < -0.3 is 10.5 Å². The third kappa shape index (κ3) is 2.86. The molecule has 1 aromatic carbocycles. The van der Waals surface area contributed by atoms with E-state index in [-0.39, 0.29) is 11.0 Å². The molecule has 5 nitrogen and oxygen atoms in total. The van der Waals surface area contributed by atoms with Crippen molar-refractivity contribution in [3.63, 3.8) is 0 Å². The lowest BCUT2D eigenvalue weighted by Gasteiger charge is -2.13. The van der Waals surface area contributed by atoms with Crippen LogP contribution in [0.25, 0.3) is 0 Å². The highest BCUT2D eigenvalue weighted by Crippen LogP contribution is 2.25. The fourth-order valence-electron chi connectivity index (χ4n) is 1.16. The summed E-state index contributed by atoms with van der Waals surface area (Å²) in [6, 6.07) is 4.37. The van der Waals surface area contributed by atoms with E-state index in [1.54, 1.807) is 0 Å². The third-order valence-electron chi connectivity index (χ3n) is 1.93. The Balaban J connectivity index is 3.17. The Kier molecular flexibility index (Phi) is 3.77. The highest BCUT2D eigenvalue weighted by molar-refractivity contribution is 7.89. The lowest BCUT2D eigenvalue weighted by atomic mass is 10.3. The van der Waals surface area contributed by atoms with Gasteiger partial charge in [-0.1, -0.05) is 0 Å². The lowest BCUT2D eigenvalue weighted by Crippen LogP contribution is -2.19. The molecule has 0 bridgehead atoms. The number of hydrogen-bond donors (Lipinski definition) is 2. The second-order valence-corrected chi connectivity index (χ2v) is 5.46. The lowest BCUT2D eigenvalue weighted by molar-refractivity contribution is 0.243. The summed E-state index contributed by atoms with van der Waals surface area (Å²) in [5.41, 5.74) is 6.10. The molecule has 0 atom stereocenters. The van der Waals surface area contributed by atoms with Gasteiger partial charge >= 0.3 is 0 Å². The molecule has 3 N–H and O–H groups in total. The molecule has 90 valence electrons. The molecular weight excluding hydrogens is 228 g/mol. The molecule has 0 aliphatic carbocycles. The molecule has 0 fully saturated rings. The zero-order chi connectivity index (χ0) is 12.3. The third-order valence-corrected chi connectivity index (χ3v) is 3.34. The van der Waals surface area contributed by atoms with Gasteiger partial charge in [-0.2, -0.15) is 0 Å². The highest BCUT2D eigenvalue weighted by atomic mass is 32.2. The van der Waals surface area contributed by atoms with Crippen LogP contribution in [0.5, 0.6) is 5.75 Å². The molecule has 0 saturated heterocycles. The van der Waals surface area contributed by atoms with Crippen molar-refractivity contribution in [1.29, 1.82) is 0 Å². The van der Waals surface area contributed by atoms with Gasteiger partial charge in [0.2, 0.25) is 10.0 Å². The van der Waals surface area contributed by atoms with Crippen LogP contribution in [-0.2, 0) is 10.0 Å². The van der Waals surface area contributed by atoms with Gasteiger partial charge in [-0.25, -0.2) is 13.1 Å². The van der Waals surface area contributed by atoms with Crippen LogP contribution in [0.15, 0.2) is 23.1 Å². The summed E-state index contributed by atoms with van der Waals surface area (Å²) in [4.78, 5) is 0.139. The number of anilines is 1. The molecule has 0 radical (unpaired) electrons. The second kappa shape index (κ2) is 4.71. The number of hydrogen-bond acceptors (Lipinski definition) is 4. The Morgan fingerprint density at radius 2 is 2.00 bits per heavy atom. The molecule has 0 aromatic heterocycles. The van der Waals surface area contributed by atoms with Crippen LogP contribution < -0.4 is 15.2 Å². The Morgan fingerprint density at radius 1 is 1.38 bits per heavy atom. The standard InChI is InChI=1S/C10H16N2O3S/c1-7(2)15-10-6-8(4-5-9(10)11)16(13,14)12-3/h4-7,12H,11H2,1-3H3. The van der Waals surface area contributed by atoms with E-state index >= 15 is 0 Å². The van der Waals surface area contributed by atoms with Gasteiger partial charge in [-0.05, 0) is 33.0 Å². The Hall–Kier alpha value is -1.27. The van der Waals surface area contributed by atoms with E-state index in [0.717, 1.165) is 0 Å². The van der Waals surface area contributed by atoms with Crippen molar-refractivity contribution in [1.82, 2.24) is 4.72 Å². The Bertz CT molecular complexity index is 469. The van der Waals surface area contributed by atoms with Crippen LogP contribution in [0.3, 0.4) is 0 Å². The molecule has 16 heavy (non-hydrogen) atoms. The zero-order valence-electron chi connectivity index (χ0n) is 9.52. The summed E-state index contributed by atoms with van der Waals surface area (Å²) < 4.78 is 30.7. The van der Waals surface area contributed by atoms with Crippen molar-refractivity contribution < 1.29 is 13.2 Å². The molecule has 1 rings (SSSR count).